The zero-order chi connectivity index (χ0) is 9.10. The third kappa shape index (κ3) is 1.75. The van der Waals surface area contributed by atoms with Crippen LogP contribution in [0.5, 0.6) is 0 Å². The van der Waals surface area contributed by atoms with Crippen molar-refractivity contribution in [1.29, 1.82) is 0 Å². The topological polar surface area (TPSA) is 54.5 Å². The highest BCUT2D eigenvalue weighted by atomic mass is 32.1. The summed E-state index contributed by atoms with van der Waals surface area (Å²) in [5.74, 6) is 0.639. The fourth-order valence-electron chi connectivity index (χ4n) is 0.922. The van der Waals surface area contributed by atoms with Gasteiger partial charge in [-0.3, -0.25) is 4.98 Å². The molecule has 0 bridgehead atoms. The van der Waals surface area contributed by atoms with E-state index in [1.165, 1.54) is 0 Å². The summed E-state index contributed by atoms with van der Waals surface area (Å²) in [5.41, 5.74) is 0.689. The summed E-state index contributed by atoms with van der Waals surface area (Å²) in [7, 11) is 0. The molecule has 2 heterocycles. The number of nitrogens with one attached hydrogen (secondary N) is 1. The van der Waals surface area contributed by atoms with Crippen LogP contribution < -0.4 is 0 Å². The molecule has 0 atom stereocenters. The summed E-state index contributed by atoms with van der Waals surface area (Å²) in [5, 5.41) is 0. The largest absolute Gasteiger partial charge is 0.329 e. The highest BCUT2D eigenvalue weighted by Gasteiger charge is 1.98. The third-order valence-corrected chi connectivity index (χ3v) is 1.72. The van der Waals surface area contributed by atoms with Crippen molar-refractivity contribution < 1.29 is 0 Å². The van der Waals surface area contributed by atoms with Crippen LogP contribution in [0.3, 0.4) is 0 Å². The van der Waals surface area contributed by atoms with Gasteiger partial charge in [0.1, 0.15) is 10.3 Å². The fraction of sp³-hybridized carbons (Fsp3) is 0. The lowest BCUT2D eigenvalue weighted by Gasteiger charge is -1.96. The molecular weight excluding hydrogens is 184 g/mol. The molecule has 5 heteroatoms. The van der Waals surface area contributed by atoms with Gasteiger partial charge in [-0.05, 0) is 6.07 Å². The molecule has 0 unspecified atom stereocenters. The number of rotatable bonds is 1. The molecule has 0 aliphatic carbocycles. The Hall–Kier alpha value is -1.62. The molecule has 0 saturated heterocycles. The van der Waals surface area contributed by atoms with Crippen LogP contribution in [0.15, 0.2) is 30.9 Å². The molecular formula is C8H6N4S. The average Bonchev–Trinajstić information content (AvgIpc) is 2.19. The quantitative estimate of drug-likeness (QED) is 0.694. The second-order valence-electron chi connectivity index (χ2n) is 2.37. The average molecular weight is 190 g/mol. The molecule has 2 rings (SSSR count). The van der Waals surface area contributed by atoms with Crippen LogP contribution in [0, 0.1) is 4.64 Å². The van der Waals surface area contributed by atoms with E-state index in [1.807, 2.05) is 0 Å². The van der Waals surface area contributed by atoms with Crippen LogP contribution in [0.2, 0.25) is 0 Å². The number of hydrogen-bond acceptors (Lipinski definition) is 4. The molecule has 2 aromatic rings. The van der Waals surface area contributed by atoms with Gasteiger partial charge in [-0.2, -0.15) is 0 Å². The molecule has 0 aromatic carbocycles. The van der Waals surface area contributed by atoms with Gasteiger partial charge in [-0.15, -0.1) is 0 Å². The van der Waals surface area contributed by atoms with Crippen molar-refractivity contribution in [3.8, 4) is 11.5 Å². The first-order chi connectivity index (χ1) is 6.36. The van der Waals surface area contributed by atoms with E-state index in [0.717, 1.165) is 0 Å². The van der Waals surface area contributed by atoms with Gasteiger partial charge in [-0.1, -0.05) is 12.2 Å². The molecule has 2 aromatic heterocycles. The third-order valence-electron chi connectivity index (χ3n) is 1.48. The molecule has 0 fully saturated rings. The Morgan fingerprint density at radius 3 is 2.77 bits per heavy atom. The number of H-pyrrole nitrogens is 1. The standard InChI is InChI=1S/C8H6N4S/c13-7-1-2-11-8(12-7)6-5-9-3-4-10-6/h1-5H,(H,11,12,13). The minimum Gasteiger partial charge on any atom is -0.329 e. The SMILES string of the molecule is S=c1ccnc(-c2cnccn2)[nH]1. The van der Waals surface area contributed by atoms with Crippen LogP contribution in [-0.4, -0.2) is 19.9 Å². The van der Waals surface area contributed by atoms with E-state index >= 15 is 0 Å². The molecule has 4 nitrogen and oxygen atoms in total. The number of hydrogen-bond donors (Lipinski definition) is 1. The zero-order valence-electron chi connectivity index (χ0n) is 6.64. The summed E-state index contributed by atoms with van der Waals surface area (Å²) in [6.07, 6.45) is 6.50. The summed E-state index contributed by atoms with van der Waals surface area (Å²) in [6.45, 7) is 0. The van der Waals surface area contributed by atoms with E-state index in [2.05, 4.69) is 19.9 Å². The molecule has 0 aliphatic rings. The van der Waals surface area contributed by atoms with Crippen LogP contribution in [0.4, 0.5) is 0 Å². The van der Waals surface area contributed by atoms with Gasteiger partial charge in [-0.25, -0.2) is 9.97 Å². The van der Waals surface area contributed by atoms with Crippen LogP contribution >= 0.6 is 12.2 Å². The van der Waals surface area contributed by atoms with E-state index in [0.29, 0.717) is 16.2 Å². The van der Waals surface area contributed by atoms with Gasteiger partial charge in [0.25, 0.3) is 0 Å². The lowest BCUT2D eigenvalue weighted by atomic mass is 10.4. The van der Waals surface area contributed by atoms with Crippen molar-refractivity contribution in [3.05, 3.63) is 35.5 Å². The van der Waals surface area contributed by atoms with Crippen molar-refractivity contribution in [1.82, 2.24) is 19.9 Å². The van der Waals surface area contributed by atoms with Crippen molar-refractivity contribution in [2.24, 2.45) is 0 Å². The second kappa shape index (κ2) is 3.40. The molecule has 0 aliphatic heterocycles. The molecule has 0 spiro atoms. The summed E-state index contributed by atoms with van der Waals surface area (Å²) in [6, 6.07) is 1.72. The normalized spacial score (nSPS) is 9.85. The highest BCUT2D eigenvalue weighted by molar-refractivity contribution is 7.71. The molecule has 64 valence electrons. The fourth-order valence-corrected chi connectivity index (χ4v) is 1.08. The Kier molecular flexibility index (Phi) is 2.09. The first-order valence-corrected chi connectivity index (χ1v) is 4.09. The van der Waals surface area contributed by atoms with Crippen molar-refractivity contribution in [2.45, 2.75) is 0 Å². The van der Waals surface area contributed by atoms with E-state index in [9.17, 15) is 0 Å². The minimum atomic E-state index is 0.635. The lowest BCUT2D eigenvalue weighted by molar-refractivity contribution is 1.10. The van der Waals surface area contributed by atoms with Crippen LogP contribution in [0.1, 0.15) is 0 Å². The van der Waals surface area contributed by atoms with Crippen LogP contribution in [-0.2, 0) is 0 Å². The maximum Gasteiger partial charge on any atom is 0.158 e. The smallest absolute Gasteiger partial charge is 0.158 e. The molecule has 1 N–H and O–H groups in total. The highest BCUT2D eigenvalue weighted by Crippen LogP contribution is 2.06. The minimum absolute atomic E-state index is 0.635. The molecule has 13 heavy (non-hydrogen) atoms. The predicted octanol–water partition coefficient (Wildman–Crippen LogP) is 1.60. The van der Waals surface area contributed by atoms with Gasteiger partial charge in [0, 0.05) is 18.6 Å². The summed E-state index contributed by atoms with van der Waals surface area (Å²) >= 11 is 4.96. The van der Waals surface area contributed by atoms with E-state index in [-0.39, 0.29) is 0 Å². The van der Waals surface area contributed by atoms with E-state index in [4.69, 9.17) is 12.2 Å². The Balaban J connectivity index is 2.54. The van der Waals surface area contributed by atoms with Crippen LogP contribution in [0.25, 0.3) is 11.5 Å². The van der Waals surface area contributed by atoms with Crippen molar-refractivity contribution in [2.75, 3.05) is 0 Å². The van der Waals surface area contributed by atoms with Gasteiger partial charge < -0.3 is 4.98 Å². The summed E-state index contributed by atoms with van der Waals surface area (Å²) in [4.78, 5) is 15.0. The van der Waals surface area contributed by atoms with Gasteiger partial charge >= 0.3 is 0 Å². The number of aromatic amines is 1. The Bertz CT molecular complexity index is 451. The predicted molar refractivity (Wildman–Crippen MR) is 50.4 cm³/mol. The Morgan fingerprint density at radius 1 is 1.15 bits per heavy atom. The van der Waals surface area contributed by atoms with Gasteiger partial charge in [0.05, 0.1) is 6.20 Å². The molecule has 0 amide bonds. The monoisotopic (exact) mass is 190 g/mol. The number of aromatic nitrogens is 4. The van der Waals surface area contributed by atoms with Gasteiger partial charge in [0.15, 0.2) is 5.82 Å². The maximum atomic E-state index is 4.96. The second-order valence-corrected chi connectivity index (χ2v) is 2.81. The summed E-state index contributed by atoms with van der Waals surface area (Å²) < 4.78 is 0.635. The van der Waals surface area contributed by atoms with Crippen molar-refractivity contribution >= 4 is 12.2 Å². The zero-order valence-corrected chi connectivity index (χ0v) is 7.45. The number of nitrogens with zero attached hydrogens (tertiary/aromatic N) is 3. The first kappa shape index (κ1) is 8.00. The van der Waals surface area contributed by atoms with Crippen molar-refractivity contribution in [3.63, 3.8) is 0 Å². The Morgan fingerprint density at radius 2 is 2.08 bits per heavy atom. The Labute approximate surface area is 79.7 Å². The maximum absolute atomic E-state index is 4.96. The lowest BCUT2D eigenvalue weighted by Crippen LogP contribution is -1.91. The van der Waals surface area contributed by atoms with Gasteiger partial charge in [0.2, 0.25) is 0 Å². The van der Waals surface area contributed by atoms with E-state index in [1.54, 1.807) is 30.9 Å². The first-order valence-electron chi connectivity index (χ1n) is 3.68. The molecule has 0 radical (unpaired) electrons. The van der Waals surface area contributed by atoms with E-state index < -0.39 is 0 Å². The molecule has 0 saturated carbocycles.